The van der Waals surface area contributed by atoms with Gasteiger partial charge in [-0.05, 0) is 41.3 Å². The van der Waals surface area contributed by atoms with Crippen LogP contribution in [0.15, 0.2) is 48.5 Å². The highest BCUT2D eigenvalue weighted by Crippen LogP contribution is 2.24. The van der Waals surface area contributed by atoms with E-state index >= 15 is 0 Å². The molecule has 144 valence electrons. The van der Waals surface area contributed by atoms with Gasteiger partial charge in [-0.3, -0.25) is 9.59 Å². The van der Waals surface area contributed by atoms with Crippen LogP contribution in [0.25, 0.3) is 0 Å². The number of hydrogen-bond donors (Lipinski definition) is 1. The van der Waals surface area contributed by atoms with E-state index in [0.29, 0.717) is 11.4 Å². The average Bonchev–Trinajstić information content (AvgIpc) is 2.59. The molecule has 0 aromatic heterocycles. The Morgan fingerprint density at radius 2 is 1.78 bits per heavy atom. The minimum atomic E-state index is -0.442. The van der Waals surface area contributed by atoms with E-state index in [1.54, 1.807) is 6.07 Å². The molecular formula is C21H25FN2O3. The summed E-state index contributed by atoms with van der Waals surface area (Å²) in [6.07, 6.45) is 0. The van der Waals surface area contributed by atoms with Gasteiger partial charge in [0.15, 0.2) is 6.61 Å². The molecule has 0 bridgehead atoms. The molecule has 0 unspecified atom stereocenters. The molecule has 1 N–H and O–H groups in total. The van der Waals surface area contributed by atoms with Crippen molar-refractivity contribution in [1.82, 2.24) is 4.90 Å². The van der Waals surface area contributed by atoms with Crippen LogP contribution in [0, 0.1) is 5.82 Å². The number of hydrogen-bond acceptors (Lipinski definition) is 3. The number of anilines is 1. The second-order valence-corrected chi connectivity index (χ2v) is 7.37. The number of rotatable bonds is 6. The molecule has 0 atom stereocenters. The number of benzene rings is 2. The molecule has 0 aliphatic carbocycles. The van der Waals surface area contributed by atoms with Gasteiger partial charge in [-0.25, -0.2) is 4.39 Å². The van der Waals surface area contributed by atoms with Crippen LogP contribution in [0.1, 0.15) is 26.3 Å². The first kappa shape index (κ1) is 20.4. The van der Waals surface area contributed by atoms with Crippen molar-refractivity contribution >= 4 is 17.5 Å². The molecule has 0 saturated heterocycles. The number of halogens is 1. The predicted molar refractivity (Wildman–Crippen MR) is 103 cm³/mol. The number of carbonyl (C=O) groups is 2. The zero-order valence-corrected chi connectivity index (χ0v) is 16.1. The van der Waals surface area contributed by atoms with E-state index in [2.05, 4.69) is 26.1 Å². The van der Waals surface area contributed by atoms with E-state index in [-0.39, 0.29) is 24.5 Å². The lowest BCUT2D eigenvalue weighted by molar-refractivity contribution is -0.135. The SMILES string of the molecule is CN(CC(=O)Nc1cccc(F)c1)C(=O)COc1ccc(C(C)(C)C)cc1. The maximum atomic E-state index is 13.1. The third-order valence-corrected chi connectivity index (χ3v) is 4.00. The number of amides is 2. The summed E-state index contributed by atoms with van der Waals surface area (Å²) in [4.78, 5) is 25.4. The lowest BCUT2D eigenvalue weighted by Crippen LogP contribution is -2.37. The zero-order chi connectivity index (χ0) is 20.0. The Hall–Kier alpha value is -2.89. The van der Waals surface area contributed by atoms with Crippen LogP contribution in [0.3, 0.4) is 0 Å². The number of nitrogens with one attached hydrogen (secondary N) is 1. The smallest absolute Gasteiger partial charge is 0.260 e. The summed E-state index contributed by atoms with van der Waals surface area (Å²) >= 11 is 0. The Kier molecular flexibility index (Phi) is 6.55. The fourth-order valence-electron chi connectivity index (χ4n) is 2.38. The quantitative estimate of drug-likeness (QED) is 0.843. The van der Waals surface area contributed by atoms with Gasteiger partial charge < -0.3 is 15.0 Å². The second kappa shape index (κ2) is 8.66. The highest BCUT2D eigenvalue weighted by molar-refractivity contribution is 5.94. The Balaban J connectivity index is 1.82. The summed E-state index contributed by atoms with van der Waals surface area (Å²) in [7, 11) is 1.51. The molecule has 0 spiro atoms. The Labute approximate surface area is 159 Å². The Morgan fingerprint density at radius 1 is 1.11 bits per heavy atom. The van der Waals surface area contributed by atoms with Crippen LogP contribution in [-0.2, 0) is 15.0 Å². The van der Waals surface area contributed by atoms with E-state index < -0.39 is 11.7 Å². The highest BCUT2D eigenvalue weighted by atomic mass is 19.1. The van der Waals surface area contributed by atoms with Crippen LogP contribution >= 0.6 is 0 Å². The predicted octanol–water partition coefficient (Wildman–Crippen LogP) is 3.60. The maximum absolute atomic E-state index is 13.1. The largest absolute Gasteiger partial charge is 0.484 e. The normalized spacial score (nSPS) is 11.0. The van der Waals surface area contributed by atoms with Crippen molar-refractivity contribution in [2.45, 2.75) is 26.2 Å². The third-order valence-electron chi connectivity index (χ3n) is 4.00. The highest BCUT2D eigenvalue weighted by Gasteiger charge is 2.15. The van der Waals surface area contributed by atoms with Crippen molar-refractivity contribution in [2.75, 3.05) is 25.5 Å². The molecule has 5 nitrogen and oxygen atoms in total. The first-order chi connectivity index (χ1) is 12.6. The van der Waals surface area contributed by atoms with Crippen LogP contribution < -0.4 is 10.1 Å². The third kappa shape index (κ3) is 6.40. The molecule has 2 rings (SSSR count). The summed E-state index contributed by atoms with van der Waals surface area (Å²) < 4.78 is 18.6. The van der Waals surface area contributed by atoms with Gasteiger partial charge in [-0.15, -0.1) is 0 Å². The number of carbonyl (C=O) groups excluding carboxylic acids is 2. The summed E-state index contributed by atoms with van der Waals surface area (Å²) in [5, 5.41) is 2.55. The minimum Gasteiger partial charge on any atom is -0.484 e. The van der Waals surface area contributed by atoms with Crippen LogP contribution in [0.2, 0.25) is 0 Å². The topological polar surface area (TPSA) is 58.6 Å². The van der Waals surface area contributed by atoms with Crippen molar-refractivity contribution < 1.29 is 18.7 Å². The number of nitrogens with zero attached hydrogens (tertiary/aromatic N) is 1. The van der Waals surface area contributed by atoms with E-state index in [0.717, 1.165) is 0 Å². The maximum Gasteiger partial charge on any atom is 0.260 e. The first-order valence-electron chi connectivity index (χ1n) is 8.68. The summed E-state index contributed by atoms with van der Waals surface area (Å²) in [5.41, 5.74) is 1.56. The molecule has 0 radical (unpaired) electrons. The van der Waals surface area contributed by atoms with E-state index in [1.165, 1.54) is 35.7 Å². The van der Waals surface area contributed by atoms with Crippen LogP contribution in [0.4, 0.5) is 10.1 Å². The summed E-state index contributed by atoms with van der Waals surface area (Å²) in [5.74, 6) is -0.590. The van der Waals surface area contributed by atoms with Crippen LogP contribution in [-0.4, -0.2) is 36.9 Å². The molecular weight excluding hydrogens is 347 g/mol. The molecule has 2 aromatic carbocycles. The van der Waals surface area contributed by atoms with Crippen molar-refractivity contribution in [3.05, 3.63) is 59.9 Å². The van der Waals surface area contributed by atoms with Crippen LogP contribution in [0.5, 0.6) is 5.75 Å². The van der Waals surface area contributed by atoms with Gasteiger partial charge in [-0.2, -0.15) is 0 Å². The van der Waals surface area contributed by atoms with Crippen molar-refractivity contribution in [3.63, 3.8) is 0 Å². The molecule has 0 aliphatic heterocycles. The van der Waals surface area contributed by atoms with Gasteiger partial charge in [-0.1, -0.05) is 39.0 Å². The minimum absolute atomic E-state index is 0.0452. The molecule has 0 saturated carbocycles. The second-order valence-electron chi connectivity index (χ2n) is 7.37. The van der Waals surface area contributed by atoms with Crippen molar-refractivity contribution in [2.24, 2.45) is 0 Å². The monoisotopic (exact) mass is 372 g/mol. The van der Waals surface area contributed by atoms with Gasteiger partial charge in [0, 0.05) is 12.7 Å². The average molecular weight is 372 g/mol. The standard InChI is InChI=1S/C21H25FN2O3/c1-21(2,3)15-8-10-18(11-9-15)27-14-20(26)24(4)13-19(25)23-17-7-5-6-16(22)12-17/h5-12H,13-14H2,1-4H3,(H,23,25). The summed E-state index contributed by atoms with van der Waals surface area (Å²) in [6.45, 7) is 6.04. The van der Waals surface area contributed by atoms with Gasteiger partial charge >= 0.3 is 0 Å². The van der Waals surface area contributed by atoms with Crippen molar-refractivity contribution in [1.29, 1.82) is 0 Å². The fraction of sp³-hybridized carbons (Fsp3) is 0.333. The number of ether oxygens (including phenoxy) is 1. The van der Waals surface area contributed by atoms with Gasteiger partial charge in [0.05, 0.1) is 6.54 Å². The molecule has 27 heavy (non-hydrogen) atoms. The Bertz CT molecular complexity index is 798. The van der Waals surface area contributed by atoms with Gasteiger partial charge in [0.1, 0.15) is 11.6 Å². The summed E-state index contributed by atoms with van der Waals surface area (Å²) in [6, 6.07) is 13.2. The lowest BCUT2D eigenvalue weighted by atomic mass is 9.87. The molecule has 2 amide bonds. The lowest BCUT2D eigenvalue weighted by Gasteiger charge is -2.20. The molecule has 2 aromatic rings. The van der Waals surface area contributed by atoms with Gasteiger partial charge in [0.2, 0.25) is 5.91 Å². The molecule has 0 aliphatic rings. The fourth-order valence-corrected chi connectivity index (χ4v) is 2.38. The Morgan fingerprint density at radius 3 is 2.37 bits per heavy atom. The van der Waals surface area contributed by atoms with E-state index in [4.69, 9.17) is 4.74 Å². The van der Waals surface area contributed by atoms with E-state index in [1.807, 2.05) is 24.3 Å². The zero-order valence-electron chi connectivity index (χ0n) is 16.1. The molecule has 0 heterocycles. The molecule has 0 fully saturated rings. The number of likely N-dealkylation sites (N-methyl/N-ethyl adjacent to an activating group) is 1. The van der Waals surface area contributed by atoms with Gasteiger partial charge in [0.25, 0.3) is 5.91 Å². The molecule has 6 heteroatoms. The van der Waals surface area contributed by atoms with Crippen molar-refractivity contribution in [3.8, 4) is 5.75 Å². The van der Waals surface area contributed by atoms with E-state index in [9.17, 15) is 14.0 Å². The first-order valence-corrected chi connectivity index (χ1v) is 8.68.